The van der Waals surface area contributed by atoms with Gasteiger partial charge in [0, 0.05) is 26.0 Å². The molecule has 5 nitrogen and oxygen atoms in total. The lowest BCUT2D eigenvalue weighted by Crippen LogP contribution is -2.30. The fourth-order valence-corrected chi connectivity index (χ4v) is 2.75. The van der Waals surface area contributed by atoms with Crippen LogP contribution in [0.1, 0.15) is 40.8 Å². The Hall–Kier alpha value is -2.14. The lowest BCUT2D eigenvalue weighted by Gasteiger charge is -2.23. The first-order valence-electron chi connectivity index (χ1n) is 7.08. The molecule has 21 heavy (non-hydrogen) atoms. The van der Waals surface area contributed by atoms with Crippen molar-refractivity contribution in [3.8, 4) is 0 Å². The summed E-state index contributed by atoms with van der Waals surface area (Å²) in [4.78, 5) is 18.5. The van der Waals surface area contributed by atoms with Gasteiger partial charge in [-0.1, -0.05) is 0 Å². The van der Waals surface area contributed by atoms with E-state index in [1.807, 2.05) is 17.0 Å². The topological polar surface area (TPSA) is 55.6 Å². The molecule has 0 saturated carbocycles. The highest BCUT2D eigenvalue weighted by Gasteiger charge is 2.32. The van der Waals surface area contributed by atoms with Crippen molar-refractivity contribution in [3.05, 3.63) is 53.7 Å². The molecule has 3 rings (SSSR count). The summed E-state index contributed by atoms with van der Waals surface area (Å²) in [5.41, 5.74) is 0.619. The van der Waals surface area contributed by atoms with Gasteiger partial charge < -0.3 is 14.1 Å². The highest BCUT2D eigenvalue weighted by Crippen LogP contribution is 2.34. The molecule has 1 fully saturated rings. The Morgan fingerprint density at radius 2 is 2.38 bits per heavy atom. The highest BCUT2D eigenvalue weighted by molar-refractivity contribution is 5.94. The van der Waals surface area contributed by atoms with Crippen LogP contribution in [0.15, 0.2) is 41.1 Å². The Kier molecular flexibility index (Phi) is 4.01. The average molecular weight is 286 g/mol. The van der Waals surface area contributed by atoms with Gasteiger partial charge in [-0.3, -0.25) is 9.78 Å². The van der Waals surface area contributed by atoms with Crippen LogP contribution in [0.4, 0.5) is 0 Å². The Balaban J connectivity index is 1.80. The van der Waals surface area contributed by atoms with Crippen LogP contribution < -0.4 is 0 Å². The zero-order chi connectivity index (χ0) is 14.7. The van der Waals surface area contributed by atoms with Gasteiger partial charge in [-0.2, -0.15) is 0 Å². The van der Waals surface area contributed by atoms with E-state index in [-0.39, 0.29) is 11.9 Å². The van der Waals surface area contributed by atoms with Gasteiger partial charge in [0.2, 0.25) is 0 Å². The summed E-state index contributed by atoms with van der Waals surface area (Å²) in [7, 11) is 1.63. The Morgan fingerprint density at radius 3 is 3.14 bits per heavy atom. The van der Waals surface area contributed by atoms with Gasteiger partial charge in [0.1, 0.15) is 18.1 Å². The fraction of sp³-hybridized carbons (Fsp3) is 0.375. The standard InChI is InChI=1S/C16H18N2O3/c1-20-11-13-6-7-15(21-13)14-5-3-9-18(14)16(19)12-4-2-8-17-10-12/h2,4,6-8,10,14H,3,5,9,11H2,1H3/t14-/m0/s1. The molecule has 0 aromatic carbocycles. The van der Waals surface area contributed by atoms with Gasteiger partial charge in [0.15, 0.2) is 0 Å². The predicted octanol–water partition coefficient (Wildman–Crippen LogP) is 2.80. The number of carbonyl (C=O) groups is 1. The molecule has 110 valence electrons. The predicted molar refractivity (Wildman–Crippen MR) is 76.7 cm³/mol. The summed E-state index contributed by atoms with van der Waals surface area (Å²) in [5, 5.41) is 0. The second-order valence-electron chi connectivity index (χ2n) is 5.14. The third kappa shape index (κ3) is 2.83. The van der Waals surface area contributed by atoms with Crippen molar-refractivity contribution in [2.75, 3.05) is 13.7 Å². The number of ether oxygens (including phenoxy) is 1. The first kappa shape index (κ1) is 13.8. The molecule has 2 aromatic rings. The van der Waals surface area contributed by atoms with Crippen LogP contribution >= 0.6 is 0 Å². The van der Waals surface area contributed by atoms with E-state index in [1.54, 1.807) is 31.6 Å². The summed E-state index contributed by atoms with van der Waals surface area (Å²) >= 11 is 0. The van der Waals surface area contributed by atoms with Crippen LogP contribution in [0.25, 0.3) is 0 Å². The van der Waals surface area contributed by atoms with Crippen molar-refractivity contribution >= 4 is 5.91 Å². The molecule has 2 aromatic heterocycles. The SMILES string of the molecule is COCc1ccc([C@@H]2CCCN2C(=O)c2cccnc2)o1. The van der Waals surface area contributed by atoms with Crippen molar-refractivity contribution in [1.82, 2.24) is 9.88 Å². The van der Waals surface area contributed by atoms with Crippen LogP contribution in [0.2, 0.25) is 0 Å². The fourth-order valence-electron chi connectivity index (χ4n) is 2.75. The number of methoxy groups -OCH3 is 1. The maximum absolute atomic E-state index is 12.6. The lowest BCUT2D eigenvalue weighted by molar-refractivity contribution is 0.0715. The number of pyridine rings is 1. The zero-order valence-electron chi connectivity index (χ0n) is 12.0. The third-order valence-electron chi connectivity index (χ3n) is 3.72. The minimum atomic E-state index is 0.00307. The minimum absolute atomic E-state index is 0.00307. The number of aromatic nitrogens is 1. The number of rotatable bonds is 4. The first-order chi connectivity index (χ1) is 10.3. The maximum atomic E-state index is 12.6. The molecule has 3 heterocycles. The second kappa shape index (κ2) is 6.10. The number of carbonyl (C=O) groups excluding carboxylic acids is 1. The van der Waals surface area contributed by atoms with Crippen LogP contribution in [0, 0.1) is 0 Å². The summed E-state index contributed by atoms with van der Waals surface area (Å²) in [6, 6.07) is 7.42. The van der Waals surface area contributed by atoms with Gasteiger partial charge in [0.25, 0.3) is 5.91 Å². The highest BCUT2D eigenvalue weighted by atomic mass is 16.5. The van der Waals surface area contributed by atoms with E-state index in [4.69, 9.17) is 9.15 Å². The van der Waals surface area contributed by atoms with Gasteiger partial charge in [-0.05, 0) is 37.1 Å². The van der Waals surface area contributed by atoms with Gasteiger partial charge in [-0.15, -0.1) is 0 Å². The first-order valence-corrected chi connectivity index (χ1v) is 7.08. The number of hydrogen-bond acceptors (Lipinski definition) is 4. The van der Waals surface area contributed by atoms with Gasteiger partial charge >= 0.3 is 0 Å². The molecule has 0 bridgehead atoms. The quantitative estimate of drug-likeness (QED) is 0.867. The van der Waals surface area contributed by atoms with E-state index in [0.717, 1.165) is 30.9 Å². The van der Waals surface area contributed by atoms with Crippen molar-refractivity contribution in [2.45, 2.75) is 25.5 Å². The summed E-state index contributed by atoms with van der Waals surface area (Å²) in [5.74, 6) is 1.63. The van der Waals surface area contributed by atoms with Crippen LogP contribution in [0.5, 0.6) is 0 Å². The second-order valence-corrected chi connectivity index (χ2v) is 5.14. The molecule has 1 aliphatic rings. The Morgan fingerprint density at radius 1 is 1.48 bits per heavy atom. The molecular weight excluding hydrogens is 268 g/mol. The molecular formula is C16H18N2O3. The molecule has 1 atom stereocenters. The minimum Gasteiger partial charge on any atom is -0.461 e. The van der Waals surface area contributed by atoms with Crippen molar-refractivity contribution in [3.63, 3.8) is 0 Å². The molecule has 0 spiro atoms. The van der Waals surface area contributed by atoms with Gasteiger partial charge in [-0.25, -0.2) is 0 Å². The van der Waals surface area contributed by atoms with Crippen LogP contribution in [0.3, 0.4) is 0 Å². The molecule has 1 saturated heterocycles. The van der Waals surface area contributed by atoms with E-state index < -0.39 is 0 Å². The normalized spacial score (nSPS) is 18.1. The maximum Gasteiger partial charge on any atom is 0.256 e. The van der Waals surface area contributed by atoms with Crippen molar-refractivity contribution < 1.29 is 13.9 Å². The molecule has 0 aliphatic carbocycles. The van der Waals surface area contributed by atoms with Crippen LogP contribution in [-0.2, 0) is 11.3 Å². The molecule has 0 N–H and O–H groups in total. The molecule has 5 heteroatoms. The number of nitrogens with zero attached hydrogens (tertiary/aromatic N) is 2. The Bertz CT molecular complexity index is 609. The van der Waals surface area contributed by atoms with E-state index >= 15 is 0 Å². The van der Waals surface area contributed by atoms with E-state index in [2.05, 4.69) is 4.98 Å². The smallest absolute Gasteiger partial charge is 0.256 e. The molecule has 0 unspecified atom stereocenters. The monoisotopic (exact) mass is 286 g/mol. The number of furan rings is 1. The van der Waals surface area contributed by atoms with Gasteiger partial charge in [0.05, 0.1) is 11.6 Å². The van der Waals surface area contributed by atoms with E-state index in [9.17, 15) is 4.79 Å². The lowest BCUT2D eigenvalue weighted by atomic mass is 10.1. The van der Waals surface area contributed by atoms with E-state index in [0.29, 0.717) is 12.2 Å². The molecule has 1 aliphatic heterocycles. The van der Waals surface area contributed by atoms with Crippen molar-refractivity contribution in [1.29, 1.82) is 0 Å². The largest absolute Gasteiger partial charge is 0.461 e. The number of amides is 1. The summed E-state index contributed by atoms with van der Waals surface area (Å²) in [6.45, 7) is 1.20. The zero-order valence-corrected chi connectivity index (χ0v) is 12.0. The summed E-state index contributed by atoms with van der Waals surface area (Å²) < 4.78 is 10.9. The molecule has 0 radical (unpaired) electrons. The van der Waals surface area contributed by atoms with Crippen molar-refractivity contribution in [2.24, 2.45) is 0 Å². The number of hydrogen-bond donors (Lipinski definition) is 0. The molecule has 1 amide bonds. The third-order valence-corrected chi connectivity index (χ3v) is 3.72. The number of likely N-dealkylation sites (tertiary alicyclic amines) is 1. The summed E-state index contributed by atoms with van der Waals surface area (Å²) in [6.07, 6.45) is 5.18. The van der Waals surface area contributed by atoms with Crippen LogP contribution in [-0.4, -0.2) is 29.4 Å². The average Bonchev–Trinajstić information content (AvgIpc) is 3.16. The Labute approximate surface area is 123 Å². The van der Waals surface area contributed by atoms with E-state index in [1.165, 1.54) is 0 Å².